The molecule has 6 nitrogen and oxygen atoms in total. The number of hydrogen-bond donors (Lipinski definition) is 1. The third-order valence-electron chi connectivity index (χ3n) is 6.61. The number of hydrogen-bond acceptors (Lipinski definition) is 4. The summed E-state index contributed by atoms with van der Waals surface area (Å²) >= 11 is 0. The van der Waals surface area contributed by atoms with Gasteiger partial charge >= 0.3 is 0 Å². The van der Waals surface area contributed by atoms with Gasteiger partial charge in [-0.3, -0.25) is 9.59 Å². The van der Waals surface area contributed by atoms with Gasteiger partial charge in [0, 0.05) is 19.0 Å². The minimum absolute atomic E-state index is 0.0869. The van der Waals surface area contributed by atoms with E-state index < -0.39 is 0 Å². The molecule has 3 aromatic rings. The summed E-state index contributed by atoms with van der Waals surface area (Å²) in [4.78, 5) is 27.3. The zero-order chi connectivity index (χ0) is 25.2. The molecule has 2 amide bonds. The fourth-order valence-electron chi connectivity index (χ4n) is 4.64. The molecule has 0 spiro atoms. The van der Waals surface area contributed by atoms with Crippen LogP contribution < -0.4 is 10.1 Å². The Morgan fingerprint density at radius 2 is 1.89 bits per heavy atom. The summed E-state index contributed by atoms with van der Waals surface area (Å²) in [6.45, 7) is 4.85. The molecule has 2 aromatic carbocycles. The largest absolute Gasteiger partial charge is 0.486 e. The smallest absolute Gasteiger partial charge is 0.287 e. The van der Waals surface area contributed by atoms with Gasteiger partial charge in [0.05, 0.1) is 6.04 Å². The van der Waals surface area contributed by atoms with Crippen molar-refractivity contribution in [1.82, 2.24) is 10.2 Å². The lowest BCUT2D eigenvalue weighted by atomic mass is 9.87. The molecule has 0 saturated heterocycles. The van der Waals surface area contributed by atoms with Crippen molar-refractivity contribution in [2.24, 2.45) is 5.92 Å². The molecule has 1 N–H and O–H groups in total. The second kappa shape index (κ2) is 10.2. The van der Waals surface area contributed by atoms with Crippen molar-refractivity contribution in [3.63, 3.8) is 0 Å². The Hall–Kier alpha value is -3.61. The standard InChI is InChI=1S/C29H31FN2O4/c1-18(2)15-27(33)32-14-13-19-5-10-23(16-25(19)28(32)20-3-6-21(30)7-4-20)35-17-24-11-12-26(36-24)29(34)31-22-8-9-22/h3-7,10-12,16,18,22,28H,8-9,13-15,17H2,1-2H3,(H,31,34)/t28-/m0/s1. The number of carbonyl (C=O) groups is 2. The Morgan fingerprint density at radius 3 is 2.61 bits per heavy atom. The summed E-state index contributed by atoms with van der Waals surface area (Å²) in [5.41, 5.74) is 2.98. The Bertz CT molecular complexity index is 1250. The van der Waals surface area contributed by atoms with Crippen LogP contribution >= 0.6 is 0 Å². The van der Waals surface area contributed by atoms with Crippen LogP contribution in [0, 0.1) is 11.7 Å². The van der Waals surface area contributed by atoms with Gasteiger partial charge in [-0.1, -0.05) is 32.0 Å². The number of nitrogens with one attached hydrogen (secondary N) is 1. The Morgan fingerprint density at radius 1 is 1.11 bits per heavy atom. The second-order valence-corrected chi connectivity index (χ2v) is 10.1. The van der Waals surface area contributed by atoms with Crippen molar-refractivity contribution in [2.75, 3.05) is 6.54 Å². The highest BCUT2D eigenvalue weighted by molar-refractivity contribution is 5.91. The van der Waals surface area contributed by atoms with Gasteiger partial charge in [0.25, 0.3) is 5.91 Å². The predicted octanol–water partition coefficient (Wildman–Crippen LogP) is 5.41. The van der Waals surface area contributed by atoms with E-state index in [2.05, 4.69) is 5.32 Å². The van der Waals surface area contributed by atoms with E-state index in [1.807, 2.05) is 36.9 Å². The van der Waals surface area contributed by atoms with E-state index >= 15 is 0 Å². The molecule has 1 fully saturated rings. The van der Waals surface area contributed by atoms with Crippen LogP contribution in [0.25, 0.3) is 0 Å². The highest BCUT2D eigenvalue weighted by Gasteiger charge is 2.32. The average Bonchev–Trinajstić information content (AvgIpc) is 3.54. The molecule has 2 heterocycles. The quantitative estimate of drug-likeness (QED) is 0.458. The van der Waals surface area contributed by atoms with Crippen LogP contribution in [0.2, 0.25) is 0 Å². The van der Waals surface area contributed by atoms with Crippen molar-refractivity contribution in [2.45, 2.75) is 58.2 Å². The average molecular weight is 491 g/mol. The van der Waals surface area contributed by atoms with E-state index in [4.69, 9.17) is 9.15 Å². The highest BCUT2D eigenvalue weighted by Crippen LogP contribution is 2.38. The maximum atomic E-state index is 13.7. The molecule has 1 saturated carbocycles. The fourth-order valence-corrected chi connectivity index (χ4v) is 4.64. The minimum atomic E-state index is -0.314. The van der Waals surface area contributed by atoms with E-state index in [1.165, 1.54) is 12.1 Å². The van der Waals surface area contributed by atoms with Crippen molar-refractivity contribution in [3.8, 4) is 5.75 Å². The highest BCUT2D eigenvalue weighted by atomic mass is 19.1. The van der Waals surface area contributed by atoms with Gasteiger partial charge in [-0.05, 0) is 78.3 Å². The maximum Gasteiger partial charge on any atom is 0.287 e. The lowest BCUT2D eigenvalue weighted by Gasteiger charge is -2.38. The summed E-state index contributed by atoms with van der Waals surface area (Å²) in [5.74, 6) is 1.29. The number of rotatable bonds is 8. The third kappa shape index (κ3) is 5.45. The van der Waals surface area contributed by atoms with Crippen LogP contribution in [-0.4, -0.2) is 29.3 Å². The zero-order valence-electron chi connectivity index (χ0n) is 20.6. The van der Waals surface area contributed by atoms with Gasteiger partial charge < -0.3 is 19.4 Å². The Balaban J connectivity index is 1.37. The molecular formula is C29H31FN2O4. The summed E-state index contributed by atoms with van der Waals surface area (Å²) in [5, 5.41) is 2.91. The number of nitrogens with zero attached hydrogens (tertiary/aromatic N) is 1. The molecule has 0 bridgehead atoms. The lowest BCUT2D eigenvalue weighted by molar-refractivity contribution is -0.134. The molecule has 36 heavy (non-hydrogen) atoms. The van der Waals surface area contributed by atoms with E-state index in [-0.39, 0.29) is 48.0 Å². The van der Waals surface area contributed by atoms with Gasteiger partial charge in [0.1, 0.15) is 23.9 Å². The summed E-state index contributed by atoms with van der Waals surface area (Å²) in [7, 11) is 0. The van der Waals surface area contributed by atoms with Crippen LogP contribution in [0.5, 0.6) is 5.75 Å². The van der Waals surface area contributed by atoms with E-state index in [0.29, 0.717) is 24.5 Å². The summed E-state index contributed by atoms with van der Waals surface area (Å²) in [6, 6.07) is 15.6. The second-order valence-electron chi connectivity index (χ2n) is 10.1. The van der Waals surface area contributed by atoms with Gasteiger partial charge in [-0.15, -0.1) is 0 Å². The van der Waals surface area contributed by atoms with Gasteiger partial charge in [0.2, 0.25) is 5.91 Å². The molecule has 7 heteroatoms. The first-order valence-electron chi connectivity index (χ1n) is 12.6. The molecule has 0 unspecified atom stereocenters. The van der Waals surface area contributed by atoms with Gasteiger partial charge in [-0.2, -0.15) is 0 Å². The number of ether oxygens (including phenoxy) is 1. The third-order valence-corrected chi connectivity index (χ3v) is 6.61. The zero-order valence-corrected chi connectivity index (χ0v) is 20.6. The van der Waals surface area contributed by atoms with Crippen LogP contribution in [0.1, 0.15) is 72.2 Å². The molecule has 188 valence electrons. The van der Waals surface area contributed by atoms with Crippen LogP contribution in [0.4, 0.5) is 4.39 Å². The summed E-state index contributed by atoms with van der Waals surface area (Å²) in [6.07, 6.45) is 3.23. The van der Waals surface area contributed by atoms with Crippen LogP contribution in [0.3, 0.4) is 0 Å². The molecule has 1 aliphatic heterocycles. The monoisotopic (exact) mass is 490 g/mol. The van der Waals surface area contributed by atoms with E-state index in [9.17, 15) is 14.0 Å². The van der Waals surface area contributed by atoms with Crippen LogP contribution in [-0.2, 0) is 17.8 Å². The SMILES string of the molecule is CC(C)CC(=O)N1CCc2ccc(OCc3ccc(C(=O)NC4CC4)o3)cc2[C@@H]1c1ccc(F)cc1. The first-order valence-corrected chi connectivity index (χ1v) is 12.6. The minimum Gasteiger partial charge on any atom is -0.486 e. The lowest BCUT2D eigenvalue weighted by Crippen LogP contribution is -2.41. The van der Waals surface area contributed by atoms with Crippen molar-refractivity contribution < 1.29 is 23.1 Å². The predicted molar refractivity (Wildman–Crippen MR) is 133 cm³/mol. The van der Waals surface area contributed by atoms with Crippen molar-refractivity contribution in [1.29, 1.82) is 0 Å². The van der Waals surface area contributed by atoms with Crippen LogP contribution in [0.15, 0.2) is 59.0 Å². The number of halogens is 1. The normalized spacial score (nSPS) is 17.1. The molecule has 2 aliphatic rings. The van der Waals surface area contributed by atoms with Crippen molar-refractivity contribution in [3.05, 3.63) is 88.6 Å². The first kappa shape index (κ1) is 24.1. The van der Waals surface area contributed by atoms with Crippen molar-refractivity contribution >= 4 is 11.8 Å². The number of carbonyl (C=O) groups excluding carboxylic acids is 2. The molecule has 1 atom stereocenters. The molecule has 0 radical (unpaired) electrons. The number of fused-ring (bicyclic) bond motifs is 1. The number of furan rings is 1. The topological polar surface area (TPSA) is 71.8 Å². The first-order chi connectivity index (χ1) is 17.4. The Kier molecular flexibility index (Phi) is 6.81. The van der Waals surface area contributed by atoms with Gasteiger partial charge in [0.15, 0.2) is 5.76 Å². The molecule has 5 rings (SSSR count). The number of benzene rings is 2. The van der Waals surface area contributed by atoms with Gasteiger partial charge in [-0.25, -0.2) is 4.39 Å². The van der Waals surface area contributed by atoms with E-state index in [1.54, 1.807) is 24.3 Å². The molecule has 1 aromatic heterocycles. The molecular weight excluding hydrogens is 459 g/mol. The number of amides is 2. The molecule has 1 aliphatic carbocycles. The van der Waals surface area contributed by atoms with E-state index in [0.717, 1.165) is 36.0 Å². The fraction of sp³-hybridized carbons (Fsp3) is 0.379. The maximum absolute atomic E-state index is 13.7. The Labute approximate surface area is 210 Å². The summed E-state index contributed by atoms with van der Waals surface area (Å²) < 4.78 is 25.4.